The Balaban J connectivity index is 1.71. The Bertz CT molecular complexity index is 329. The molecule has 1 aliphatic carbocycles. The molecular formula is C12H18ClNOS. The van der Waals surface area contributed by atoms with Gasteiger partial charge in [0.15, 0.2) is 0 Å². The molecule has 2 N–H and O–H groups in total. The highest BCUT2D eigenvalue weighted by atomic mass is 35.5. The molecule has 0 aromatic carbocycles. The first-order chi connectivity index (χ1) is 7.75. The van der Waals surface area contributed by atoms with Crippen LogP contribution in [0.3, 0.4) is 0 Å². The molecular weight excluding hydrogens is 242 g/mol. The lowest BCUT2D eigenvalue weighted by atomic mass is 9.92. The summed E-state index contributed by atoms with van der Waals surface area (Å²) in [5.41, 5.74) is 0. The smallest absolute Gasteiger partial charge is 0.0931 e. The maximum absolute atomic E-state index is 9.79. The van der Waals surface area contributed by atoms with Crippen molar-refractivity contribution < 1.29 is 5.11 Å². The maximum atomic E-state index is 9.79. The van der Waals surface area contributed by atoms with E-state index in [-0.39, 0.29) is 6.10 Å². The molecule has 1 fully saturated rings. The van der Waals surface area contributed by atoms with Crippen LogP contribution in [0.4, 0.5) is 0 Å². The van der Waals surface area contributed by atoms with Crippen LogP contribution in [0.1, 0.15) is 30.6 Å². The number of aliphatic hydroxyl groups is 1. The fourth-order valence-corrected chi connectivity index (χ4v) is 3.30. The highest BCUT2D eigenvalue weighted by molar-refractivity contribution is 7.16. The van der Waals surface area contributed by atoms with Gasteiger partial charge in [0.2, 0.25) is 0 Å². The highest BCUT2D eigenvalue weighted by Crippen LogP contribution is 2.22. The number of halogens is 1. The SMILES string of the molecule is O[C@H]1CCCC[C@@H]1NCCc1ccc(Cl)s1. The molecule has 0 radical (unpaired) electrons. The summed E-state index contributed by atoms with van der Waals surface area (Å²) >= 11 is 7.51. The van der Waals surface area contributed by atoms with E-state index in [1.54, 1.807) is 11.3 Å². The van der Waals surface area contributed by atoms with Crippen molar-refractivity contribution in [1.82, 2.24) is 5.32 Å². The molecule has 0 spiro atoms. The normalized spacial score (nSPS) is 25.9. The minimum absolute atomic E-state index is 0.152. The number of rotatable bonds is 4. The summed E-state index contributed by atoms with van der Waals surface area (Å²) in [5.74, 6) is 0. The molecule has 0 bridgehead atoms. The lowest BCUT2D eigenvalue weighted by Crippen LogP contribution is -2.42. The van der Waals surface area contributed by atoms with Gasteiger partial charge >= 0.3 is 0 Å². The minimum Gasteiger partial charge on any atom is -0.392 e. The summed E-state index contributed by atoms with van der Waals surface area (Å²) in [6.07, 6.45) is 5.30. The summed E-state index contributed by atoms with van der Waals surface area (Å²) in [5, 5.41) is 13.2. The monoisotopic (exact) mass is 259 g/mol. The first-order valence-corrected chi connectivity index (χ1v) is 7.11. The molecule has 2 nitrogen and oxygen atoms in total. The van der Waals surface area contributed by atoms with Gasteiger partial charge in [0.1, 0.15) is 0 Å². The van der Waals surface area contributed by atoms with Crippen LogP contribution in [-0.4, -0.2) is 23.8 Å². The zero-order valence-electron chi connectivity index (χ0n) is 9.29. The topological polar surface area (TPSA) is 32.3 Å². The number of aliphatic hydroxyl groups excluding tert-OH is 1. The summed E-state index contributed by atoms with van der Waals surface area (Å²) in [6.45, 7) is 0.929. The molecule has 1 aromatic rings. The van der Waals surface area contributed by atoms with E-state index in [1.165, 1.54) is 17.7 Å². The number of hydrogen-bond donors (Lipinski definition) is 2. The third kappa shape index (κ3) is 3.45. The molecule has 2 rings (SSSR count). The standard InChI is InChI=1S/C12H18ClNOS/c13-12-6-5-9(16-12)7-8-14-10-3-1-2-4-11(10)15/h5-6,10-11,14-15H,1-4,7-8H2/t10-,11-/m0/s1. The first-order valence-electron chi connectivity index (χ1n) is 5.91. The second-order valence-electron chi connectivity index (χ2n) is 4.37. The van der Waals surface area contributed by atoms with E-state index in [1.807, 2.05) is 6.07 Å². The van der Waals surface area contributed by atoms with Gasteiger partial charge in [-0.3, -0.25) is 0 Å². The Morgan fingerprint density at radius 2 is 2.19 bits per heavy atom. The van der Waals surface area contributed by atoms with Crippen LogP contribution in [0.15, 0.2) is 12.1 Å². The van der Waals surface area contributed by atoms with Crippen LogP contribution in [0.5, 0.6) is 0 Å². The van der Waals surface area contributed by atoms with Crippen LogP contribution < -0.4 is 5.32 Å². The second kappa shape index (κ2) is 6.01. The van der Waals surface area contributed by atoms with E-state index in [0.717, 1.165) is 30.1 Å². The molecule has 0 aliphatic heterocycles. The van der Waals surface area contributed by atoms with E-state index in [4.69, 9.17) is 11.6 Å². The van der Waals surface area contributed by atoms with Crippen molar-refractivity contribution >= 4 is 22.9 Å². The Kier molecular flexibility index (Phi) is 4.65. The van der Waals surface area contributed by atoms with Crippen molar-refractivity contribution in [2.24, 2.45) is 0 Å². The van der Waals surface area contributed by atoms with Crippen molar-refractivity contribution in [2.45, 2.75) is 44.2 Å². The molecule has 1 saturated carbocycles. The number of hydrogen-bond acceptors (Lipinski definition) is 3. The van der Waals surface area contributed by atoms with Gasteiger partial charge in [-0.05, 0) is 31.4 Å². The summed E-state index contributed by atoms with van der Waals surface area (Å²) in [4.78, 5) is 1.31. The van der Waals surface area contributed by atoms with E-state index in [2.05, 4.69) is 11.4 Å². The fraction of sp³-hybridized carbons (Fsp3) is 0.667. The summed E-state index contributed by atoms with van der Waals surface area (Å²) in [6, 6.07) is 4.31. The predicted molar refractivity (Wildman–Crippen MR) is 69.3 cm³/mol. The van der Waals surface area contributed by atoms with Gasteiger partial charge in [-0.2, -0.15) is 0 Å². The number of thiophene rings is 1. The third-order valence-corrected chi connectivity index (χ3v) is 4.43. The van der Waals surface area contributed by atoms with Gasteiger partial charge in [-0.15, -0.1) is 11.3 Å². The van der Waals surface area contributed by atoms with Gasteiger partial charge in [0.05, 0.1) is 10.4 Å². The van der Waals surface area contributed by atoms with Crippen LogP contribution >= 0.6 is 22.9 Å². The number of nitrogens with one attached hydrogen (secondary N) is 1. The average molecular weight is 260 g/mol. The third-order valence-electron chi connectivity index (χ3n) is 3.14. The zero-order valence-corrected chi connectivity index (χ0v) is 10.9. The Hall–Kier alpha value is -0.0900. The van der Waals surface area contributed by atoms with Crippen LogP contribution in [0.2, 0.25) is 4.34 Å². The molecule has 4 heteroatoms. The van der Waals surface area contributed by atoms with Crippen LogP contribution in [0.25, 0.3) is 0 Å². The van der Waals surface area contributed by atoms with Crippen molar-refractivity contribution in [1.29, 1.82) is 0 Å². The van der Waals surface area contributed by atoms with E-state index >= 15 is 0 Å². The molecule has 90 valence electrons. The zero-order chi connectivity index (χ0) is 11.4. The average Bonchev–Trinajstić information content (AvgIpc) is 2.67. The summed E-state index contributed by atoms with van der Waals surface area (Å²) in [7, 11) is 0. The Morgan fingerprint density at radius 3 is 2.88 bits per heavy atom. The molecule has 1 heterocycles. The molecule has 1 aromatic heterocycles. The van der Waals surface area contributed by atoms with Crippen LogP contribution in [-0.2, 0) is 6.42 Å². The van der Waals surface area contributed by atoms with Crippen molar-refractivity contribution in [3.05, 3.63) is 21.3 Å². The highest BCUT2D eigenvalue weighted by Gasteiger charge is 2.21. The molecule has 0 amide bonds. The van der Waals surface area contributed by atoms with E-state index in [9.17, 15) is 5.11 Å². The van der Waals surface area contributed by atoms with Gasteiger partial charge < -0.3 is 10.4 Å². The van der Waals surface area contributed by atoms with Crippen molar-refractivity contribution in [2.75, 3.05) is 6.54 Å². The molecule has 16 heavy (non-hydrogen) atoms. The van der Waals surface area contributed by atoms with E-state index < -0.39 is 0 Å². The predicted octanol–water partition coefficient (Wildman–Crippen LogP) is 2.84. The Morgan fingerprint density at radius 1 is 1.38 bits per heavy atom. The first kappa shape index (κ1) is 12.4. The lowest BCUT2D eigenvalue weighted by molar-refractivity contribution is 0.0914. The molecule has 1 aliphatic rings. The van der Waals surface area contributed by atoms with Crippen molar-refractivity contribution in [3.63, 3.8) is 0 Å². The van der Waals surface area contributed by atoms with Gasteiger partial charge in [0, 0.05) is 17.5 Å². The Labute approximate surface area is 106 Å². The summed E-state index contributed by atoms with van der Waals surface area (Å²) < 4.78 is 0.854. The molecule has 2 atom stereocenters. The fourth-order valence-electron chi connectivity index (χ4n) is 2.22. The second-order valence-corrected chi connectivity index (χ2v) is 6.17. The van der Waals surface area contributed by atoms with Crippen LogP contribution in [0, 0.1) is 0 Å². The quantitative estimate of drug-likeness (QED) is 0.872. The lowest BCUT2D eigenvalue weighted by Gasteiger charge is -2.28. The van der Waals surface area contributed by atoms with Gasteiger partial charge in [-0.25, -0.2) is 0 Å². The van der Waals surface area contributed by atoms with Gasteiger partial charge in [0.25, 0.3) is 0 Å². The minimum atomic E-state index is -0.152. The molecule has 0 saturated heterocycles. The van der Waals surface area contributed by atoms with Gasteiger partial charge in [-0.1, -0.05) is 24.4 Å². The van der Waals surface area contributed by atoms with E-state index in [0.29, 0.717) is 6.04 Å². The van der Waals surface area contributed by atoms with Crippen molar-refractivity contribution in [3.8, 4) is 0 Å². The molecule has 0 unspecified atom stereocenters. The largest absolute Gasteiger partial charge is 0.392 e. The maximum Gasteiger partial charge on any atom is 0.0931 e.